The van der Waals surface area contributed by atoms with Crippen LogP contribution in [0.25, 0.3) is 5.52 Å². The van der Waals surface area contributed by atoms with Gasteiger partial charge in [0.15, 0.2) is 0 Å². The van der Waals surface area contributed by atoms with Crippen molar-refractivity contribution in [3.8, 4) is 0 Å². The number of nitrogens with one attached hydrogen (secondary N) is 1. The van der Waals surface area contributed by atoms with Crippen molar-refractivity contribution in [1.82, 2.24) is 14.9 Å². The molecular formula is C12H15N3O2. The van der Waals surface area contributed by atoms with E-state index in [-0.39, 0.29) is 12.0 Å². The van der Waals surface area contributed by atoms with Gasteiger partial charge in [0.25, 0.3) is 0 Å². The van der Waals surface area contributed by atoms with Gasteiger partial charge >= 0.3 is 5.97 Å². The quantitative estimate of drug-likeness (QED) is 0.800. The van der Waals surface area contributed by atoms with Gasteiger partial charge in [0.2, 0.25) is 0 Å². The molecule has 0 spiro atoms. The van der Waals surface area contributed by atoms with Crippen LogP contribution in [0.5, 0.6) is 0 Å². The third kappa shape index (κ3) is 2.45. The van der Waals surface area contributed by atoms with Crippen LogP contribution >= 0.6 is 0 Å². The highest BCUT2D eigenvalue weighted by Gasteiger charge is 2.12. The molecule has 0 bridgehead atoms. The normalized spacial score (nSPS) is 12.6. The molecule has 0 amide bonds. The summed E-state index contributed by atoms with van der Waals surface area (Å²) in [6, 6.07) is 5.56. The minimum atomic E-state index is -0.321. The molecule has 1 atom stereocenters. The Morgan fingerprint density at radius 1 is 1.59 bits per heavy atom. The van der Waals surface area contributed by atoms with Crippen LogP contribution in [0.4, 0.5) is 0 Å². The van der Waals surface area contributed by atoms with E-state index in [1.807, 2.05) is 24.4 Å². The van der Waals surface area contributed by atoms with Crippen LogP contribution < -0.4 is 5.32 Å². The maximum absolute atomic E-state index is 11.2. The standard InChI is InChI=1S/C12H15N3O2/c1-9(12(16)17-2)13-7-10-8-14-15-6-4-3-5-11(10)15/h3-6,8-9,13H,7H2,1-2H3/t9-/m1/s1. The van der Waals surface area contributed by atoms with Crippen molar-refractivity contribution in [1.29, 1.82) is 0 Å². The van der Waals surface area contributed by atoms with Gasteiger partial charge in [-0.2, -0.15) is 5.10 Å². The fourth-order valence-corrected chi connectivity index (χ4v) is 1.65. The van der Waals surface area contributed by atoms with Gasteiger partial charge in [-0.1, -0.05) is 6.07 Å². The predicted octanol–water partition coefficient (Wildman–Crippen LogP) is 0.985. The molecule has 0 fully saturated rings. The van der Waals surface area contributed by atoms with E-state index in [2.05, 4.69) is 15.2 Å². The van der Waals surface area contributed by atoms with Crippen molar-refractivity contribution in [2.24, 2.45) is 0 Å². The maximum Gasteiger partial charge on any atom is 0.322 e. The Labute approximate surface area is 99.4 Å². The van der Waals surface area contributed by atoms with E-state index in [1.54, 1.807) is 17.6 Å². The molecule has 0 aliphatic rings. The van der Waals surface area contributed by atoms with Gasteiger partial charge in [-0.25, -0.2) is 4.52 Å². The highest BCUT2D eigenvalue weighted by molar-refractivity contribution is 5.75. The van der Waals surface area contributed by atoms with Crippen molar-refractivity contribution in [3.63, 3.8) is 0 Å². The molecule has 90 valence electrons. The van der Waals surface area contributed by atoms with Gasteiger partial charge < -0.3 is 10.1 Å². The van der Waals surface area contributed by atoms with Crippen LogP contribution in [-0.2, 0) is 16.1 Å². The Bertz CT molecular complexity index is 521. The van der Waals surface area contributed by atoms with Crippen molar-refractivity contribution in [2.45, 2.75) is 19.5 Å². The molecule has 0 unspecified atom stereocenters. The van der Waals surface area contributed by atoms with Crippen LogP contribution in [0.15, 0.2) is 30.6 Å². The molecule has 0 radical (unpaired) electrons. The fourth-order valence-electron chi connectivity index (χ4n) is 1.65. The number of methoxy groups -OCH3 is 1. The molecule has 17 heavy (non-hydrogen) atoms. The summed E-state index contributed by atoms with van der Waals surface area (Å²) in [5.41, 5.74) is 2.10. The molecule has 0 aliphatic heterocycles. The second kappa shape index (κ2) is 4.97. The SMILES string of the molecule is COC(=O)[C@@H](C)NCc1cnn2ccccc12. The van der Waals surface area contributed by atoms with Gasteiger partial charge in [-0.05, 0) is 19.1 Å². The Hall–Kier alpha value is -1.88. The summed E-state index contributed by atoms with van der Waals surface area (Å²) >= 11 is 0. The molecule has 2 rings (SSSR count). The molecule has 0 saturated heterocycles. The minimum absolute atomic E-state index is 0.263. The van der Waals surface area contributed by atoms with E-state index in [1.165, 1.54) is 7.11 Å². The largest absolute Gasteiger partial charge is 0.468 e. The number of ether oxygens (including phenoxy) is 1. The highest BCUT2D eigenvalue weighted by atomic mass is 16.5. The van der Waals surface area contributed by atoms with E-state index in [4.69, 9.17) is 0 Å². The number of rotatable bonds is 4. The molecule has 2 aromatic heterocycles. The van der Waals surface area contributed by atoms with E-state index >= 15 is 0 Å². The van der Waals surface area contributed by atoms with Crippen LogP contribution in [0, 0.1) is 0 Å². The number of fused-ring (bicyclic) bond motifs is 1. The number of aromatic nitrogens is 2. The molecule has 5 heteroatoms. The van der Waals surface area contributed by atoms with Gasteiger partial charge in [-0.15, -0.1) is 0 Å². The Kier molecular flexibility index (Phi) is 3.39. The first kappa shape index (κ1) is 11.6. The second-order valence-corrected chi connectivity index (χ2v) is 3.83. The third-order valence-corrected chi connectivity index (χ3v) is 2.66. The second-order valence-electron chi connectivity index (χ2n) is 3.83. The molecule has 0 saturated carbocycles. The van der Waals surface area contributed by atoms with Crippen LogP contribution in [0.1, 0.15) is 12.5 Å². The molecule has 2 aromatic rings. The summed E-state index contributed by atoms with van der Waals surface area (Å²) in [7, 11) is 1.38. The molecule has 1 N–H and O–H groups in total. The van der Waals surface area contributed by atoms with Crippen molar-refractivity contribution < 1.29 is 9.53 Å². The van der Waals surface area contributed by atoms with E-state index < -0.39 is 0 Å². The Balaban J connectivity index is 2.07. The first-order valence-electron chi connectivity index (χ1n) is 5.45. The lowest BCUT2D eigenvalue weighted by molar-refractivity contribution is -0.142. The third-order valence-electron chi connectivity index (χ3n) is 2.66. The van der Waals surface area contributed by atoms with Gasteiger partial charge in [0, 0.05) is 18.3 Å². The molecule has 2 heterocycles. The van der Waals surface area contributed by atoms with Crippen molar-refractivity contribution in [3.05, 3.63) is 36.2 Å². The van der Waals surface area contributed by atoms with Crippen LogP contribution in [0.3, 0.4) is 0 Å². The number of hydrogen-bond donors (Lipinski definition) is 1. The molecule has 0 aliphatic carbocycles. The van der Waals surface area contributed by atoms with Crippen LogP contribution in [-0.4, -0.2) is 28.7 Å². The zero-order chi connectivity index (χ0) is 12.3. The smallest absolute Gasteiger partial charge is 0.322 e. The lowest BCUT2D eigenvalue weighted by atomic mass is 10.2. The van der Waals surface area contributed by atoms with Crippen molar-refractivity contribution in [2.75, 3.05) is 7.11 Å². The summed E-state index contributed by atoms with van der Waals surface area (Å²) in [5.74, 6) is -0.263. The lowest BCUT2D eigenvalue weighted by Gasteiger charge is -2.10. The van der Waals surface area contributed by atoms with Crippen LogP contribution in [0.2, 0.25) is 0 Å². The number of pyridine rings is 1. The number of nitrogens with zero attached hydrogens (tertiary/aromatic N) is 2. The molecular weight excluding hydrogens is 218 g/mol. The lowest BCUT2D eigenvalue weighted by Crippen LogP contribution is -2.34. The number of carbonyl (C=O) groups is 1. The van der Waals surface area contributed by atoms with E-state index in [9.17, 15) is 4.79 Å². The number of esters is 1. The predicted molar refractivity (Wildman–Crippen MR) is 63.5 cm³/mol. The maximum atomic E-state index is 11.2. The summed E-state index contributed by atoms with van der Waals surface area (Å²) in [6.45, 7) is 2.36. The average molecular weight is 233 g/mol. The average Bonchev–Trinajstić information content (AvgIpc) is 2.78. The Morgan fingerprint density at radius 3 is 3.18 bits per heavy atom. The van der Waals surface area contributed by atoms with Crippen molar-refractivity contribution >= 4 is 11.5 Å². The van der Waals surface area contributed by atoms with E-state index in [0.29, 0.717) is 6.54 Å². The van der Waals surface area contributed by atoms with Gasteiger partial charge in [-0.3, -0.25) is 4.79 Å². The first-order chi connectivity index (χ1) is 8.22. The summed E-state index contributed by atoms with van der Waals surface area (Å²) in [4.78, 5) is 11.2. The minimum Gasteiger partial charge on any atom is -0.468 e. The van der Waals surface area contributed by atoms with E-state index in [0.717, 1.165) is 11.1 Å². The zero-order valence-corrected chi connectivity index (χ0v) is 9.88. The van der Waals surface area contributed by atoms with Gasteiger partial charge in [0.05, 0.1) is 18.8 Å². The fraction of sp³-hybridized carbons (Fsp3) is 0.333. The molecule has 0 aromatic carbocycles. The number of carbonyl (C=O) groups excluding carboxylic acids is 1. The first-order valence-corrected chi connectivity index (χ1v) is 5.45. The summed E-state index contributed by atoms with van der Waals surface area (Å²) < 4.78 is 6.45. The zero-order valence-electron chi connectivity index (χ0n) is 9.88. The summed E-state index contributed by atoms with van der Waals surface area (Å²) in [6.07, 6.45) is 3.69. The topological polar surface area (TPSA) is 55.6 Å². The monoisotopic (exact) mass is 233 g/mol. The number of hydrogen-bond acceptors (Lipinski definition) is 4. The summed E-state index contributed by atoms with van der Waals surface area (Å²) in [5, 5.41) is 7.32. The highest BCUT2D eigenvalue weighted by Crippen LogP contribution is 2.09. The van der Waals surface area contributed by atoms with Gasteiger partial charge in [0.1, 0.15) is 6.04 Å². The Morgan fingerprint density at radius 2 is 2.41 bits per heavy atom. The molecule has 5 nitrogen and oxygen atoms in total.